The standard InChI is InChI=1S/C32H28ClFN2O4S/c1-20-27(30(37)24-10-5-6-11-25(24)33)29(26-12-7-17-41-26)36(32(39)40-19-22-8-3-2-4-9-22)28(20)31(38)35-18-21-13-15-23(34)16-14-21/h2-17,20,27-29H,18-19H2,1H3,(H,35,38). The van der Waals surface area contributed by atoms with Gasteiger partial charge in [-0.05, 0) is 52.8 Å². The molecule has 0 bridgehead atoms. The maximum absolute atomic E-state index is 14.1. The van der Waals surface area contributed by atoms with Gasteiger partial charge < -0.3 is 10.1 Å². The van der Waals surface area contributed by atoms with Gasteiger partial charge in [-0.25, -0.2) is 9.18 Å². The third-order valence-electron chi connectivity index (χ3n) is 7.35. The molecule has 4 unspecified atom stereocenters. The summed E-state index contributed by atoms with van der Waals surface area (Å²) in [6.45, 7) is 1.93. The number of hydrogen-bond acceptors (Lipinski definition) is 5. The SMILES string of the molecule is CC1C(C(=O)c2ccccc2Cl)C(c2cccs2)N(C(=O)OCc2ccccc2)C1C(=O)NCc1ccc(F)cc1. The van der Waals surface area contributed by atoms with E-state index < -0.39 is 35.9 Å². The van der Waals surface area contributed by atoms with Gasteiger partial charge in [0.15, 0.2) is 5.78 Å². The van der Waals surface area contributed by atoms with E-state index in [1.165, 1.54) is 28.4 Å². The van der Waals surface area contributed by atoms with E-state index in [4.69, 9.17) is 16.3 Å². The summed E-state index contributed by atoms with van der Waals surface area (Å²) < 4.78 is 19.1. The predicted molar refractivity (Wildman–Crippen MR) is 156 cm³/mol. The van der Waals surface area contributed by atoms with E-state index in [0.29, 0.717) is 16.1 Å². The Morgan fingerprint density at radius 1 is 0.927 bits per heavy atom. The smallest absolute Gasteiger partial charge is 0.411 e. The molecule has 1 aromatic heterocycles. The van der Waals surface area contributed by atoms with Crippen molar-refractivity contribution in [2.45, 2.75) is 32.2 Å². The molecule has 210 valence electrons. The molecule has 9 heteroatoms. The molecule has 6 nitrogen and oxygen atoms in total. The molecule has 0 radical (unpaired) electrons. The van der Waals surface area contributed by atoms with E-state index in [-0.39, 0.29) is 24.8 Å². The van der Waals surface area contributed by atoms with E-state index in [0.717, 1.165) is 10.4 Å². The lowest BCUT2D eigenvalue weighted by Gasteiger charge is -2.30. The first-order valence-corrected chi connectivity index (χ1v) is 14.4. The number of benzene rings is 3. The number of rotatable bonds is 8. The van der Waals surface area contributed by atoms with Crippen LogP contribution in [-0.2, 0) is 22.7 Å². The van der Waals surface area contributed by atoms with Crippen LogP contribution >= 0.6 is 22.9 Å². The van der Waals surface area contributed by atoms with Gasteiger partial charge in [-0.15, -0.1) is 11.3 Å². The van der Waals surface area contributed by atoms with Crippen molar-refractivity contribution in [1.82, 2.24) is 10.2 Å². The fraction of sp³-hybridized carbons (Fsp3) is 0.219. The number of carbonyl (C=O) groups is 3. The number of carbonyl (C=O) groups excluding carboxylic acids is 3. The highest BCUT2D eigenvalue weighted by Gasteiger charge is 2.56. The molecule has 2 amide bonds. The number of ether oxygens (including phenoxy) is 1. The molecular formula is C32H28ClFN2O4S. The highest BCUT2D eigenvalue weighted by Crippen LogP contribution is 2.48. The second-order valence-electron chi connectivity index (χ2n) is 9.93. The molecule has 4 aromatic rings. The number of hydrogen-bond donors (Lipinski definition) is 1. The molecule has 5 rings (SSSR count). The van der Waals surface area contributed by atoms with Crippen LogP contribution in [-0.4, -0.2) is 28.7 Å². The third-order valence-corrected chi connectivity index (χ3v) is 8.62. The molecule has 3 aromatic carbocycles. The minimum atomic E-state index is -1.01. The zero-order valence-corrected chi connectivity index (χ0v) is 23.8. The van der Waals surface area contributed by atoms with Crippen molar-refractivity contribution >= 4 is 40.7 Å². The highest BCUT2D eigenvalue weighted by molar-refractivity contribution is 7.10. The number of ketones is 1. The van der Waals surface area contributed by atoms with Crippen LogP contribution in [0.1, 0.15) is 39.3 Å². The molecule has 4 atom stereocenters. The summed E-state index contributed by atoms with van der Waals surface area (Å²) in [5.41, 5.74) is 1.82. The van der Waals surface area contributed by atoms with E-state index in [1.54, 1.807) is 43.3 Å². The van der Waals surface area contributed by atoms with E-state index in [9.17, 15) is 18.8 Å². The van der Waals surface area contributed by atoms with Crippen LogP contribution in [0.2, 0.25) is 5.02 Å². The van der Waals surface area contributed by atoms with Gasteiger partial charge in [0.05, 0.1) is 17.0 Å². The quantitative estimate of drug-likeness (QED) is 0.223. The van der Waals surface area contributed by atoms with Crippen LogP contribution in [0.25, 0.3) is 0 Å². The Labute approximate surface area is 246 Å². The Balaban J connectivity index is 1.51. The fourth-order valence-corrected chi connectivity index (χ4v) is 6.46. The second-order valence-corrected chi connectivity index (χ2v) is 11.3. The number of likely N-dealkylation sites (tertiary alicyclic amines) is 1. The number of halogens is 2. The number of thiophene rings is 1. The van der Waals surface area contributed by atoms with Gasteiger partial charge in [-0.1, -0.05) is 79.2 Å². The lowest BCUT2D eigenvalue weighted by atomic mass is 9.82. The van der Waals surface area contributed by atoms with Crippen LogP contribution in [0.3, 0.4) is 0 Å². The molecule has 41 heavy (non-hydrogen) atoms. The van der Waals surface area contributed by atoms with Gasteiger partial charge in [-0.3, -0.25) is 14.5 Å². The Morgan fingerprint density at radius 2 is 1.63 bits per heavy atom. The number of amides is 2. The summed E-state index contributed by atoms with van der Waals surface area (Å²) in [4.78, 5) is 43.9. The van der Waals surface area contributed by atoms with Crippen molar-refractivity contribution in [2.24, 2.45) is 11.8 Å². The minimum Gasteiger partial charge on any atom is -0.445 e. The molecule has 1 aliphatic heterocycles. The Bertz CT molecular complexity index is 1510. The molecule has 2 heterocycles. The monoisotopic (exact) mass is 590 g/mol. The molecule has 1 aliphatic rings. The van der Waals surface area contributed by atoms with Crippen molar-refractivity contribution in [3.05, 3.63) is 129 Å². The summed E-state index contributed by atoms with van der Waals surface area (Å²) in [6.07, 6.45) is -0.699. The first kappa shape index (κ1) is 28.5. The van der Waals surface area contributed by atoms with Crippen molar-refractivity contribution < 1.29 is 23.5 Å². The van der Waals surface area contributed by atoms with Crippen LogP contribution < -0.4 is 5.32 Å². The van der Waals surface area contributed by atoms with E-state index in [2.05, 4.69) is 5.32 Å². The first-order valence-electron chi connectivity index (χ1n) is 13.2. The summed E-state index contributed by atoms with van der Waals surface area (Å²) in [7, 11) is 0. The van der Waals surface area contributed by atoms with Crippen molar-refractivity contribution in [3.63, 3.8) is 0 Å². The zero-order chi connectivity index (χ0) is 28.9. The molecule has 1 saturated heterocycles. The number of nitrogens with zero attached hydrogens (tertiary/aromatic N) is 1. The van der Waals surface area contributed by atoms with Gasteiger partial charge in [0, 0.05) is 17.0 Å². The average Bonchev–Trinajstić information content (AvgIpc) is 3.62. The van der Waals surface area contributed by atoms with Crippen LogP contribution in [0.4, 0.5) is 9.18 Å². The van der Waals surface area contributed by atoms with E-state index >= 15 is 0 Å². The largest absolute Gasteiger partial charge is 0.445 e. The minimum absolute atomic E-state index is 0.00869. The van der Waals surface area contributed by atoms with Gasteiger partial charge in [-0.2, -0.15) is 0 Å². The van der Waals surface area contributed by atoms with Crippen molar-refractivity contribution in [1.29, 1.82) is 0 Å². The lowest BCUT2D eigenvalue weighted by Crippen LogP contribution is -2.48. The Morgan fingerprint density at radius 3 is 2.32 bits per heavy atom. The zero-order valence-electron chi connectivity index (χ0n) is 22.2. The summed E-state index contributed by atoms with van der Waals surface area (Å²) in [6, 6.07) is 23.8. The van der Waals surface area contributed by atoms with Crippen LogP contribution in [0.5, 0.6) is 0 Å². The second kappa shape index (κ2) is 12.7. The molecule has 0 aliphatic carbocycles. The van der Waals surface area contributed by atoms with Crippen LogP contribution in [0, 0.1) is 17.7 Å². The summed E-state index contributed by atoms with van der Waals surface area (Å²) in [5, 5.41) is 5.05. The molecule has 1 N–H and O–H groups in total. The molecule has 0 saturated carbocycles. The molecular weight excluding hydrogens is 563 g/mol. The van der Waals surface area contributed by atoms with Gasteiger partial charge in [0.25, 0.3) is 0 Å². The van der Waals surface area contributed by atoms with Crippen molar-refractivity contribution in [2.75, 3.05) is 0 Å². The highest BCUT2D eigenvalue weighted by atomic mass is 35.5. The van der Waals surface area contributed by atoms with Crippen LogP contribution in [0.15, 0.2) is 96.4 Å². The third kappa shape index (κ3) is 6.19. The fourth-order valence-electron chi connectivity index (χ4n) is 5.36. The Kier molecular flexibility index (Phi) is 8.81. The van der Waals surface area contributed by atoms with Gasteiger partial charge >= 0.3 is 6.09 Å². The average molecular weight is 591 g/mol. The number of nitrogens with one attached hydrogen (secondary N) is 1. The Hall–Kier alpha value is -4.01. The maximum atomic E-state index is 14.1. The lowest BCUT2D eigenvalue weighted by molar-refractivity contribution is -0.126. The molecule has 1 fully saturated rings. The predicted octanol–water partition coefficient (Wildman–Crippen LogP) is 7.05. The normalized spacial score (nSPS) is 20.0. The number of Topliss-reactive ketones (excluding diaryl/α,β-unsaturated/α-hetero) is 1. The topological polar surface area (TPSA) is 75.7 Å². The summed E-state index contributed by atoms with van der Waals surface area (Å²) >= 11 is 7.83. The van der Waals surface area contributed by atoms with Gasteiger partial charge in [0.2, 0.25) is 5.91 Å². The van der Waals surface area contributed by atoms with Gasteiger partial charge in [0.1, 0.15) is 18.5 Å². The van der Waals surface area contributed by atoms with E-state index in [1.807, 2.05) is 47.8 Å². The summed E-state index contributed by atoms with van der Waals surface area (Å²) in [5.74, 6) is -2.41. The maximum Gasteiger partial charge on any atom is 0.411 e. The molecule has 0 spiro atoms. The van der Waals surface area contributed by atoms with Crippen molar-refractivity contribution in [3.8, 4) is 0 Å². The first-order chi connectivity index (χ1) is 19.8.